The maximum absolute atomic E-state index is 11.6. The molecule has 0 amide bonds. The predicted octanol–water partition coefficient (Wildman–Crippen LogP) is 3.52. The highest BCUT2D eigenvalue weighted by atomic mass is 16.5. The van der Waals surface area contributed by atoms with Crippen molar-refractivity contribution in [1.29, 1.82) is 0 Å². The van der Waals surface area contributed by atoms with Crippen LogP contribution in [0.5, 0.6) is 0 Å². The quantitative estimate of drug-likeness (QED) is 0.588. The van der Waals surface area contributed by atoms with E-state index in [9.17, 15) is 9.59 Å². The first kappa shape index (κ1) is 17.8. The maximum Gasteiger partial charge on any atom is 0.338 e. The molecule has 22 heavy (non-hydrogen) atoms. The van der Waals surface area contributed by atoms with E-state index in [1.54, 1.807) is 38.1 Å². The summed E-state index contributed by atoms with van der Waals surface area (Å²) in [6.45, 7) is 6.27. The van der Waals surface area contributed by atoms with Crippen molar-refractivity contribution in [2.75, 3.05) is 18.5 Å². The summed E-state index contributed by atoms with van der Waals surface area (Å²) < 4.78 is 9.85. The van der Waals surface area contributed by atoms with Crippen molar-refractivity contribution in [3.63, 3.8) is 0 Å². The largest absolute Gasteiger partial charge is 0.463 e. The standard InChI is InChI=1S/C17H23NO4/c1-4-7-15(12-16(19)21-5-2)18-14-10-8-13(9-11-14)17(20)22-6-3/h8-12,18H,4-7H2,1-3H3/b15-12-. The van der Waals surface area contributed by atoms with Crippen LogP contribution in [-0.4, -0.2) is 25.2 Å². The number of rotatable bonds is 8. The molecule has 0 saturated carbocycles. The van der Waals surface area contributed by atoms with Crippen LogP contribution in [0, 0.1) is 0 Å². The van der Waals surface area contributed by atoms with Crippen molar-refractivity contribution in [3.8, 4) is 0 Å². The van der Waals surface area contributed by atoms with E-state index in [0.717, 1.165) is 24.2 Å². The number of hydrogen-bond donors (Lipinski definition) is 1. The lowest BCUT2D eigenvalue weighted by Crippen LogP contribution is -2.07. The van der Waals surface area contributed by atoms with E-state index in [4.69, 9.17) is 9.47 Å². The Balaban J connectivity index is 2.77. The number of nitrogens with one attached hydrogen (secondary N) is 1. The number of ether oxygens (including phenoxy) is 2. The fourth-order valence-electron chi connectivity index (χ4n) is 1.86. The van der Waals surface area contributed by atoms with Crippen LogP contribution in [0.4, 0.5) is 5.69 Å². The summed E-state index contributed by atoms with van der Waals surface area (Å²) >= 11 is 0. The molecule has 0 bridgehead atoms. The van der Waals surface area contributed by atoms with Gasteiger partial charge in [0.15, 0.2) is 0 Å². The van der Waals surface area contributed by atoms with Crippen LogP contribution in [0.2, 0.25) is 0 Å². The highest BCUT2D eigenvalue weighted by Crippen LogP contribution is 2.15. The van der Waals surface area contributed by atoms with E-state index in [1.165, 1.54) is 6.08 Å². The van der Waals surface area contributed by atoms with Gasteiger partial charge in [-0.05, 0) is 44.5 Å². The van der Waals surface area contributed by atoms with Crippen LogP contribution in [0.15, 0.2) is 36.0 Å². The van der Waals surface area contributed by atoms with Gasteiger partial charge in [-0.3, -0.25) is 0 Å². The van der Waals surface area contributed by atoms with Crippen molar-refractivity contribution in [1.82, 2.24) is 0 Å². The highest BCUT2D eigenvalue weighted by Gasteiger charge is 2.07. The van der Waals surface area contributed by atoms with Gasteiger partial charge in [-0.2, -0.15) is 0 Å². The summed E-state index contributed by atoms with van der Waals surface area (Å²) in [5, 5.41) is 3.18. The number of carbonyl (C=O) groups is 2. The molecule has 1 aromatic carbocycles. The van der Waals surface area contributed by atoms with Gasteiger partial charge in [0.2, 0.25) is 0 Å². The third-order valence-electron chi connectivity index (χ3n) is 2.80. The molecule has 0 atom stereocenters. The van der Waals surface area contributed by atoms with Crippen molar-refractivity contribution in [2.45, 2.75) is 33.6 Å². The molecule has 5 heteroatoms. The lowest BCUT2D eigenvalue weighted by molar-refractivity contribution is -0.137. The Morgan fingerprint density at radius 2 is 1.68 bits per heavy atom. The van der Waals surface area contributed by atoms with Gasteiger partial charge in [-0.25, -0.2) is 9.59 Å². The Kier molecular flexibility index (Phi) is 7.75. The van der Waals surface area contributed by atoms with E-state index in [0.29, 0.717) is 18.8 Å². The van der Waals surface area contributed by atoms with Crippen LogP contribution in [-0.2, 0) is 14.3 Å². The van der Waals surface area contributed by atoms with E-state index in [2.05, 4.69) is 5.32 Å². The maximum atomic E-state index is 11.6. The zero-order valence-corrected chi connectivity index (χ0v) is 13.3. The minimum Gasteiger partial charge on any atom is -0.463 e. The third kappa shape index (κ3) is 5.99. The van der Waals surface area contributed by atoms with E-state index < -0.39 is 0 Å². The molecule has 0 aliphatic rings. The second-order valence-corrected chi connectivity index (χ2v) is 4.59. The van der Waals surface area contributed by atoms with Gasteiger partial charge >= 0.3 is 11.9 Å². The molecule has 120 valence electrons. The lowest BCUT2D eigenvalue weighted by Gasteiger charge is -2.11. The smallest absolute Gasteiger partial charge is 0.338 e. The van der Waals surface area contributed by atoms with Crippen LogP contribution in [0.1, 0.15) is 44.0 Å². The summed E-state index contributed by atoms with van der Waals surface area (Å²) in [5.41, 5.74) is 2.08. The summed E-state index contributed by atoms with van der Waals surface area (Å²) in [6.07, 6.45) is 3.10. The Hall–Kier alpha value is -2.30. The number of carbonyl (C=O) groups excluding carboxylic acids is 2. The average molecular weight is 305 g/mol. The third-order valence-corrected chi connectivity index (χ3v) is 2.80. The Morgan fingerprint density at radius 1 is 1.05 bits per heavy atom. The second-order valence-electron chi connectivity index (χ2n) is 4.59. The molecule has 0 unspecified atom stereocenters. The van der Waals surface area contributed by atoms with Gasteiger partial charge in [-0.1, -0.05) is 13.3 Å². The number of anilines is 1. The monoisotopic (exact) mass is 305 g/mol. The molecule has 0 aliphatic heterocycles. The molecule has 0 fully saturated rings. The topological polar surface area (TPSA) is 64.6 Å². The van der Waals surface area contributed by atoms with Crippen LogP contribution >= 0.6 is 0 Å². The van der Waals surface area contributed by atoms with Gasteiger partial charge in [-0.15, -0.1) is 0 Å². The SMILES string of the molecule is CCC/C(=C/C(=O)OCC)Nc1ccc(C(=O)OCC)cc1. The number of hydrogen-bond acceptors (Lipinski definition) is 5. The molecular formula is C17H23NO4. The molecule has 0 aliphatic carbocycles. The summed E-state index contributed by atoms with van der Waals surface area (Å²) in [4.78, 5) is 23.1. The molecular weight excluding hydrogens is 282 g/mol. The summed E-state index contributed by atoms with van der Waals surface area (Å²) in [7, 11) is 0. The van der Waals surface area contributed by atoms with E-state index in [1.807, 2.05) is 6.92 Å². The van der Waals surface area contributed by atoms with Crippen molar-refractivity contribution in [3.05, 3.63) is 41.6 Å². The van der Waals surface area contributed by atoms with Gasteiger partial charge in [0.05, 0.1) is 18.8 Å². The molecule has 0 saturated heterocycles. The fraction of sp³-hybridized carbons (Fsp3) is 0.412. The normalized spacial score (nSPS) is 11.0. The molecule has 1 aromatic rings. The molecule has 0 spiro atoms. The fourth-order valence-corrected chi connectivity index (χ4v) is 1.86. The van der Waals surface area contributed by atoms with E-state index >= 15 is 0 Å². The predicted molar refractivity (Wildman–Crippen MR) is 85.6 cm³/mol. The molecule has 0 radical (unpaired) electrons. The minimum atomic E-state index is -0.360. The second kappa shape index (κ2) is 9.60. The first-order valence-electron chi connectivity index (χ1n) is 7.52. The summed E-state index contributed by atoms with van der Waals surface area (Å²) in [5.74, 6) is -0.702. The van der Waals surface area contributed by atoms with Crippen molar-refractivity contribution in [2.24, 2.45) is 0 Å². The molecule has 1 N–H and O–H groups in total. The van der Waals surface area contributed by atoms with Gasteiger partial charge in [0.25, 0.3) is 0 Å². The lowest BCUT2D eigenvalue weighted by atomic mass is 10.2. The van der Waals surface area contributed by atoms with Crippen LogP contribution < -0.4 is 5.32 Å². The van der Waals surface area contributed by atoms with Gasteiger partial charge in [0, 0.05) is 17.5 Å². The number of benzene rings is 1. The Morgan fingerprint density at radius 3 is 2.23 bits per heavy atom. The molecule has 0 aromatic heterocycles. The Bertz CT molecular complexity index is 520. The van der Waals surface area contributed by atoms with Crippen LogP contribution in [0.25, 0.3) is 0 Å². The minimum absolute atomic E-state index is 0.343. The van der Waals surface area contributed by atoms with E-state index in [-0.39, 0.29) is 11.9 Å². The average Bonchev–Trinajstić information content (AvgIpc) is 2.48. The number of allylic oxidation sites excluding steroid dienone is 1. The summed E-state index contributed by atoms with van der Waals surface area (Å²) in [6, 6.07) is 6.93. The van der Waals surface area contributed by atoms with Gasteiger partial charge in [0.1, 0.15) is 0 Å². The van der Waals surface area contributed by atoms with Crippen molar-refractivity contribution >= 4 is 17.6 Å². The van der Waals surface area contributed by atoms with Gasteiger partial charge < -0.3 is 14.8 Å². The molecule has 0 heterocycles. The zero-order chi connectivity index (χ0) is 16.4. The number of esters is 2. The highest BCUT2D eigenvalue weighted by molar-refractivity contribution is 5.90. The van der Waals surface area contributed by atoms with Crippen molar-refractivity contribution < 1.29 is 19.1 Å². The molecule has 5 nitrogen and oxygen atoms in total. The Labute approximate surface area is 131 Å². The molecule has 1 rings (SSSR count). The van der Waals surface area contributed by atoms with Crippen LogP contribution in [0.3, 0.4) is 0 Å². The first-order valence-corrected chi connectivity index (χ1v) is 7.52. The first-order chi connectivity index (χ1) is 10.6. The zero-order valence-electron chi connectivity index (χ0n) is 13.3.